The summed E-state index contributed by atoms with van der Waals surface area (Å²) in [6.45, 7) is 3.05. The van der Waals surface area contributed by atoms with Crippen molar-refractivity contribution in [1.82, 2.24) is 10.2 Å². The van der Waals surface area contributed by atoms with E-state index in [1.165, 1.54) is 12.1 Å². The molecule has 6 nitrogen and oxygen atoms in total. The standard InChI is InChI=1S/C23H26N2O4/c1-16-5-7-17(8-6-16)21(27)9-10-22(28)24-19-11-13-25(14-12-19)23(29)18-3-2-4-20(26)15-18/h2-8,15,19,26H,9-14H2,1H3,(H,24,28). The van der Waals surface area contributed by atoms with Gasteiger partial charge in [0.15, 0.2) is 5.78 Å². The van der Waals surface area contributed by atoms with Crippen molar-refractivity contribution >= 4 is 17.6 Å². The van der Waals surface area contributed by atoms with Crippen molar-refractivity contribution < 1.29 is 19.5 Å². The van der Waals surface area contributed by atoms with Crippen molar-refractivity contribution in [1.29, 1.82) is 0 Å². The first-order valence-electron chi connectivity index (χ1n) is 9.90. The third-order valence-corrected chi connectivity index (χ3v) is 5.19. The van der Waals surface area contributed by atoms with Gasteiger partial charge in [0.25, 0.3) is 5.91 Å². The number of phenolic OH excluding ortho intramolecular Hbond substituents is 1. The molecule has 1 aliphatic rings. The fraction of sp³-hybridized carbons (Fsp3) is 0.348. The number of Topliss-reactive ketones (excluding diaryl/α,β-unsaturated/α-hetero) is 1. The van der Waals surface area contributed by atoms with Gasteiger partial charge >= 0.3 is 0 Å². The number of nitrogens with one attached hydrogen (secondary N) is 1. The number of piperidine rings is 1. The van der Waals surface area contributed by atoms with Gasteiger partial charge in [-0.25, -0.2) is 0 Å². The lowest BCUT2D eigenvalue weighted by Gasteiger charge is -2.32. The van der Waals surface area contributed by atoms with Crippen LogP contribution in [-0.2, 0) is 4.79 Å². The molecule has 0 unspecified atom stereocenters. The first kappa shape index (κ1) is 20.6. The van der Waals surface area contributed by atoms with Crippen LogP contribution < -0.4 is 5.32 Å². The monoisotopic (exact) mass is 394 g/mol. The van der Waals surface area contributed by atoms with Crippen LogP contribution in [0.3, 0.4) is 0 Å². The van der Waals surface area contributed by atoms with Crippen LogP contribution in [0.1, 0.15) is 52.0 Å². The number of nitrogens with zero attached hydrogens (tertiary/aromatic N) is 1. The number of carbonyl (C=O) groups is 3. The fourth-order valence-electron chi connectivity index (χ4n) is 3.46. The number of likely N-dealkylation sites (tertiary alicyclic amines) is 1. The van der Waals surface area contributed by atoms with E-state index in [1.54, 1.807) is 29.2 Å². The van der Waals surface area contributed by atoms with Gasteiger partial charge in [-0.1, -0.05) is 35.9 Å². The van der Waals surface area contributed by atoms with Gasteiger partial charge < -0.3 is 15.3 Å². The first-order valence-corrected chi connectivity index (χ1v) is 9.90. The second kappa shape index (κ2) is 9.37. The van der Waals surface area contributed by atoms with E-state index in [1.807, 2.05) is 19.1 Å². The first-order chi connectivity index (χ1) is 13.9. The van der Waals surface area contributed by atoms with Crippen molar-refractivity contribution in [2.45, 2.75) is 38.6 Å². The highest BCUT2D eigenvalue weighted by Crippen LogP contribution is 2.17. The van der Waals surface area contributed by atoms with E-state index in [2.05, 4.69) is 5.32 Å². The minimum absolute atomic E-state index is 0.00482. The maximum absolute atomic E-state index is 12.5. The van der Waals surface area contributed by atoms with Crippen LogP contribution in [0.2, 0.25) is 0 Å². The largest absolute Gasteiger partial charge is 0.508 e. The molecular formula is C23H26N2O4. The summed E-state index contributed by atoms with van der Waals surface area (Å²) < 4.78 is 0. The smallest absolute Gasteiger partial charge is 0.253 e. The highest BCUT2D eigenvalue weighted by Gasteiger charge is 2.24. The number of hydrogen-bond acceptors (Lipinski definition) is 4. The molecule has 2 amide bonds. The van der Waals surface area contributed by atoms with Gasteiger partial charge in [0.1, 0.15) is 5.75 Å². The molecule has 2 aromatic rings. The normalized spacial score (nSPS) is 14.4. The van der Waals surface area contributed by atoms with Crippen molar-refractivity contribution in [3.05, 3.63) is 65.2 Å². The molecule has 3 rings (SSSR count). The third kappa shape index (κ3) is 5.67. The number of amides is 2. The molecule has 0 aliphatic carbocycles. The minimum atomic E-state index is -0.136. The molecule has 0 radical (unpaired) electrons. The zero-order chi connectivity index (χ0) is 20.8. The molecule has 6 heteroatoms. The summed E-state index contributed by atoms with van der Waals surface area (Å²) in [6.07, 6.45) is 1.68. The molecule has 2 N–H and O–H groups in total. The summed E-state index contributed by atoms with van der Waals surface area (Å²) in [4.78, 5) is 38.6. The lowest BCUT2D eigenvalue weighted by molar-refractivity contribution is -0.122. The Balaban J connectivity index is 1.42. The number of aryl methyl sites for hydroxylation is 1. The Morgan fingerprint density at radius 2 is 1.69 bits per heavy atom. The molecule has 1 heterocycles. The molecule has 2 aromatic carbocycles. The Kier molecular flexibility index (Phi) is 6.65. The summed E-state index contributed by atoms with van der Waals surface area (Å²) in [5, 5.41) is 12.5. The van der Waals surface area contributed by atoms with Crippen LogP contribution in [0.4, 0.5) is 0 Å². The van der Waals surface area contributed by atoms with Crippen molar-refractivity contribution in [3.63, 3.8) is 0 Å². The molecule has 1 aliphatic heterocycles. The lowest BCUT2D eigenvalue weighted by Crippen LogP contribution is -2.46. The zero-order valence-corrected chi connectivity index (χ0v) is 16.6. The molecular weight excluding hydrogens is 368 g/mol. The van der Waals surface area contributed by atoms with Crippen molar-refractivity contribution in [3.8, 4) is 5.75 Å². The molecule has 0 atom stereocenters. The summed E-state index contributed by atoms with van der Waals surface area (Å²) in [7, 11) is 0. The molecule has 29 heavy (non-hydrogen) atoms. The Bertz CT molecular complexity index is 884. The number of ketones is 1. The van der Waals surface area contributed by atoms with Crippen LogP contribution in [0.25, 0.3) is 0 Å². The second-order valence-electron chi connectivity index (χ2n) is 7.47. The number of aromatic hydroxyl groups is 1. The Labute approximate surface area is 170 Å². The molecule has 0 bridgehead atoms. The molecule has 1 fully saturated rings. The van der Waals surface area contributed by atoms with E-state index in [-0.39, 0.29) is 42.2 Å². The predicted molar refractivity (Wildman–Crippen MR) is 110 cm³/mol. The average Bonchev–Trinajstić information content (AvgIpc) is 2.72. The molecule has 152 valence electrons. The number of rotatable bonds is 6. The maximum Gasteiger partial charge on any atom is 0.253 e. The predicted octanol–water partition coefficient (Wildman–Crippen LogP) is 3.08. The number of phenols is 1. The minimum Gasteiger partial charge on any atom is -0.508 e. The molecule has 0 aromatic heterocycles. The average molecular weight is 394 g/mol. The Morgan fingerprint density at radius 3 is 2.34 bits per heavy atom. The molecule has 1 saturated heterocycles. The molecule has 0 spiro atoms. The van der Waals surface area contributed by atoms with E-state index in [0.29, 0.717) is 37.1 Å². The highest BCUT2D eigenvalue weighted by atomic mass is 16.3. The lowest BCUT2D eigenvalue weighted by atomic mass is 10.0. The molecule has 0 saturated carbocycles. The van der Waals surface area contributed by atoms with Crippen LogP contribution in [-0.4, -0.2) is 46.7 Å². The van der Waals surface area contributed by atoms with Gasteiger partial charge in [-0.3, -0.25) is 14.4 Å². The van der Waals surface area contributed by atoms with Crippen molar-refractivity contribution in [2.24, 2.45) is 0 Å². The summed E-state index contributed by atoms with van der Waals surface area (Å²) in [5.74, 6) is -0.220. The van der Waals surface area contributed by atoms with Gasteiger partial charge in [-0.2, -0.15) is 0 Å². The van der Waals surface area contributed by atoms with E-state index in [4.69, 9.17) is 0 Å². The fourth-order valence-corrected chi connectivity index (χ4v) is 3.46. The van der Waals surface area contributed by atoms with E-state index < -0.39 is 0 Å². The Hall–Kier alpha value is -3.15. The van der Waals surface area contributed by atoms with Crippen molar-refractivity contribution in [2.75, 3.05) is 13.1 Å². The Morgan fingerprint density at radius 1 is 1.00 bits per heavy atom. The van der Waals surface area contributed by atoms with Gasteiger partial charge in [0.05, 0.1) is 0 Å². The van der Waals surface area contributed by atoms with Crippen LogP contribution in [0, 0.1) is 6.92 Å². The van der Waals surface area contributed by atoms with E-state index >= 15 is 0 Å². The number of hydrogen-bond donors (Lipinski definition) is 2. The number of carbonyl (C=O) groups excluding carboxylic acids is 3. The maximum atomic E-state index is 12.5. The zero-order valence-electron chi connectivity index (χ0n) is 16.6. The summed E-state index contributed by atoms with van der Waals surface area (Å²) >= 11 is 0. The second-order valence-corrected chi connectivity index (χ2v) is 7.47. The highest BCUT2D eigenvalue weighted by molar-refractivity contribution is 5.98. The number of benzene rings is 2. The summed E-state index contributed by atoms with van der Waals surface area (Å²) in [6, 6.07) is 13.7. The van der Waals surface area contributed by atoms with Crippen LogP contribution >= 0.6 is 0 Å². The quantitative estimate of drug-likeness (QED) is 0.737. The van der Waals surface area contributed by atoms with Crippen LogP contribution in [0.5, 0.6) is 5.75 Å². The summed E-state index contributed by atoms with van der Waals surface area (Å²) in [5.41, 5.74) is 2.18. The SMILES string of the molecule is Cc1ccc(C(=O)CCC(=O)NC2CCN(C(=O)c3cccc(O)c3)CC2)cc1. The topological polar surface area (TPSA) is 86.7 Å². The van der Waals surface area contributed by atoms with Gasteiger partial charge in [-0.05, 0) is 38.0 Å². The third-order valence-electron chi connectivity index (χ3n) is 5.19. The van der Waals surface area contributed by atoms with Gasteiger partial charge in [0.2, 0.25) is 5.91 Å². The van der Waals surface area contributed by atoms with E-state index in [9.17, 15) is 19.5 Å². The van der Waals surface area contributed by atoms with E-state index in [0.717, 1.165) is 5.56 Å². The van der Waals surface area contributed by atoms with Gasteiger partial charge in [0, 0.05) is 43.1 Å². The van der Waals surface area contributed by atoms with Gasteiger partial charge in [-0.15, -0.1) is 0 Å². The van der Waals surface area contributed by atoms with Crippen LogP contribution in [0.15, 0.2) is 48.5 Å².